The third kappa shape index (κ3) is 4.15. The van der Waals surface area contributed by atoms with Gasteiger partial charge in [-0.05, 0) is 0 Å². The van der Waals surface area contributed by atoms with Crippen molar-refractivity contribution in [3.8, 4) is 0 Å². The molecule has 1 atom stereocenters. The van der Waals surface area contributed by atoms with Crippen molar-refractivity contribution in [3.63, 3.8) is 0 Å². The molecule has 0 saturated carbocycles. The number of rotatable bonds is 4. The van der Waals surface area contributed by atoms with Crippen LogP contribution in [0.5, 0.6) is 0 Å². The minimum Gasteiger partial charge on any atom is -0.378 e. The number of piperazine rings is 1. The minimum absolute atomic E-state index is 0. The second-order valence-electron chi connectivity index (χ2n) is 6.30. The van der Waals surface area contributed by atoms with Gasteiger partial charge in [-0.1, -0.05) is 0 Å². The molecule has 25 heavy (non-hydrogen) atoms. The molecule has 0 spiro atoms. The molecule has 2 saturated heterocycles. The number of imidazole rings is 1. The van der Waals surface area contributed by atoms with Gasteiger partial charge >= 0.3 is 0 Å². The summed E-state index contributed by atoms with van der Waals surface area (Å²) in [6, 6.07) is 0.313. The summed E-state index contributed by atoms with van der Waals surface area (Å²) in [7, 11) is 2.07. The van der Waals surface area contributed by atoms with Gasteiger partial charge in [-0.25, -0.2) is 9.97 Å². The van der Waals surface area contributed by atoms with Crippen molar-refractivity contribution >= 4 is 28.9 Å². The first-order chi connectivity index (χ1) is 11.8. The number of halogens is 1. The Morgan fingerprint density at radius 3 is 2.88 bits per heavy atom. The maximum absolute atomic E-state index is 5.43. The number of hydrogen-bond acceptors (Lipinski definition) is 7. The molecular weight excluding hydrogens is 360 g/mol. The second kappa shape index (κ2) is 8.46. The van der Waals surface area contributed by atoms with E-state index in [0.717, 1.165) is 63.4 Å². The molecular formula is C16H25ClN6OS. The molecule has 0 aliphatic carbocycles. The van der Waals surface area contributed by atoms with E-state index in [-0.39, 0.29) is 12.4 Å². The van der Waals surface area contributed by atoms with Crippen LogP contribution in [0.2, 0.25) is 0 Å². The number of aromatic nitrogens is 3. The number of anilines is 1. The van der Waals surface area contributed by atoms with Crippen molar-refractivity contribution in [3.05, 3.63) is 29.3 Å². The summed E-state index contributed by atoms with van der Waals surface area (Å²) in [4.78, 5) is 15.3. The van der Waals surface area contributed by atoms with Crippen LogP contribution in [0.25, 0.3) is 0 Å². The Hall–Kier alpha value is -1.19. The Morgan fingerprint density at radius 2 is 2.12 bits per heavy atom. The zero-order valence-electron chi connectivity index (χ0n) is 14.4. The smallest absolute Gasteiger partial charge is 0.185 e. The molecule has 0 radical (unpaired) electrons. The second-order valence-corrected chi connectivity index (χ2v) is 7.39. The van der Waals surface area contributed by atoms with Crippen molar-refractivity contribution in [1.82, 2.24) is 24.8 Å². The lowest BCUT2D eigenvalue weighted by Crippen LogP contribution is -2.46. The largest absolute Gasteiger partial charge is 0.378 e. The molecule has 2 aliphatic rings. The van der Waals surface area contributed by atoms with Gasteiger partial charge < -0.3 is 19.5 Å². The Balaban J connectivity index is 0.00000182. The van der Waals surface area contributed by atoms with E-state index in [1.807, 2.05) is 18.6 Å². The van der Waals surface area contributed by atoms with Gasteiger partial charge in [0.25, 0.3) is 0 Å². The monoisotopic (exact) mass is 384 g/mol. The molecule has 138 valence electrons. The summed E-state index contributed by atoms with van der Waals surface area (Å²) in [6.07, 6.45) is 5.93. The summed E-state index contributed by atoms with van der Waals surface area (Å²) >= 11 is 1.81. The van der Waals surface area contributed by atoms with Crippen LogP contribution in [0, 0.1) is 0 Å². The molecule has 2 fully saturated rings. The van der Waals surface area contributed by atoms with Crippen molar-refractivity contribution in [2.45, 2.75) is 12.6 Å². The third-order valence-corrected chi connectivity index (χ3v) is 5.74. The average Bonchev–Trinajstić information content (AvgIpc) is 3.25. The number of nitrogens with zero attached hydrogens (tertiary/aromatic N) is 5. The fourth-order valence-corrected chi connectivity index (χ4v) is 4.35. The highest BCUT2D eigenvalue weighted by atomic mass is 35.5. The van der Waals surface area contributed by atoms with Crippen LogP contribution in [-0.2, 0) is 18.3 Å². The van der Waals surface area contributed by atoms with Gasteiger partial charge in [-0.3, -0.25) is 4.90 Å². The maximum atomic E-state index is 5.43. The lowest BCUT2D eigenvalue weighted by molar-refractivity contribution is 0.122. The number of ether oxygens (including phenoxy) is 1. The Labute approximate surface area is 158 Å². The molecule has 7 nitrogen and oxygen atoms in total. The number of nitrogens with one attached hydrogen (secondary N) is 1. The molecule has 2 aliphatic heterocycles. The quantitative estimate of drug-likeness (QED) is 0.857. The summed E-state index contributed by atoms with van der Waals surface area (Å²) < 4.78 is 7.55. The predicted octanol–water partition coefficient (Wildman–Crippen LogP) is 1.28. The van der Waals surface area contributed by atoms with E-state index < -0.39 is 0 Å². The first kappa shape index (κ1) is 18.6. The lowest BCUT2D eigenvalue weighted by Gasteiger charge is -2.35. The van der Waals surface area contributed by atoms with Gasteiger partial charge in [0.05, 0.1) is 19.3 Å². The van der Waals surface area contributed by atoms with Crippen LogP contribution in [0.15, 0.2) is 18.6 Å². The zero-order chi connectivity index (χ0) is 16.4. The predicted molar refractivity (Wildman–Crippen MR) is 102 cm³/mol. The van der Waals surface area contributed by atoms with E-state index in [9.17, 15) is 0 Å². The van der Waals surface area contributed by atoms with Gasteiger partial charge in [-0.2, -0.15) is 0 Å². The van der Waals surface area contributed by atoms with Gasteiger partial charge in [0.2, 0.25) is 0 Å². The van der Waals surface area contributed by atoms with Crippen LogP contribution in [0.3, 0.4) is 0 Å². The molecule has 4 rings (SSSR count). The molecule has 2 aromatic heterocycles. The fourth-order valence-electron chi connectivity index (χ4n) is 3.36. The first-order valence-electron chi connectivity index (χ1n) is 8.50. The number of morpholine rings is 1. The fraction of sp³-hybridized carbons (Fsp3) is 0.625. The van der Waals surface area contributed by atoms with Crippen molar-refractivity contribution in [2.75, 3.05) is 50.8 Å². The van der Waals surface area contributed by atoms with Crippen LogP contribution in [0.1, 0.15) is 16.7 Å². The van der Waals surface area contributed by atoms with E-state index in [1.165, 1.54) is 4.88 Å². The van der Waals surface area contributed by atoms with E-state index in [0.29, 0.717) is 6.04 Å². The molecule has 0 amide bonds. The van der Waals surface area contributed by atoms with Crippen LogP contribution >= 0.6 is 23.7 Å². The summed E-state index contributed by atoms with van der Waals surface area (Å²) in [5.74, 6) is 1.13. The lowest BCUT2D eigenvalue weighted by atomic mass is 10.1. The Morgan fingerprint density at radius 1 is 1.28 bits per heavy atom. The molecule has 2 aromatic rings. The van der Waals surface area contributed by atoms with E-state index in [1.54, 1.807) is 11.3 Å². The molecule has 0 bridgehead atoms. The van der Waals surface area contributed by atoms with E-state index in [2.05, 4.69) is 36.7 Å². The standard InChI is InChI=1S/C16H24N6OS.ClH/c1-20-4-3-18-15(20)14-11-17-2-5-22(14)12-13-10-19-16(24-13)21-6-8-23-9-7-21;/h3-4,10,14,17H,2,5-9,11-12H2,1H3;1H. The highest BCUT2D eigenvalue weighted by molar-refractivity contribution is 7.15. The summed E-state index contributed by atoms with van der Waals surface area (Å²) in [6.45, 7) is 7.41. The van der Waals surface area contributed by atoms with Gasteiger partial charge in [0.1, 0.15) is 5.82 Å². The number of hydrogen-bond donors (Lipinski definition) is 1. The number of aryl methyl sites for hydroxylation is 1. The van der Waals surface area contributed by atoms with Crippen LogP contribution < -0.4 is 10.2 Å². The molecule has 1 N–H and O–H groups in total. The summed E-state index contributed by atoms with van der Waals surface area (Å²) in [5, 5.41) is 4.62. The highest BCUT2D eigenvalue weighted by Crippen LogP contribution is 2.28. The van der Waals surface area contributed by atoms with Crippen LogP contribution in [-0.4, -0.2) is 65.4 Å². The van der Waals surface area contributed by atoms with Crippen molar-refractivity contribution < 1.29 is 4.74 Å². The van der Waals surface area contributed by atoms with Crippen LogP contribution in [0.4, 0.5) is 5.13 Å². The highest BCUT2D eigenvalue weighted by Gasteiger charge is 2.27. The SMILES string of the molecule is Cl.Cn1ccnc1C1CNCCN1Cc1cnc(N2CCOCC2)s1. The first-order valence-corrected chi connectivity index (χ1v) is 9.32. The van der Waals surface area contributed by atoms with E-state index in [4.69, 9.17) is 4.74 Å². The molecule has 1 unspecified atom stereocenters. The Bertz CT molecular complexity index is 671. The average molecular weight is 385 g/mol. The van der Waals surface area contributed by atoms with Gasteiger partial charge in [0, 0.05) is 69.8 Å². The normalized spacial score (nSPS) is 22.0. The van der Waals surface area contributed by atoms with Crippen molar-refractivity contribution in [1.29, 1.82) is 0 Å². The maximum Gasteiger partial charge on any atom is 0.185 e. The topological polar surface area (TPSA) is 58.5 Å². The van der Waals surface area contributed by atoms with Gasteiger partial charge in [0.15, 0.2) is 5.13 Å². The molecule has 0 aromatic carbocycles. The van der Waals surface area contributed by atoms with Crippen molar-refractivity contribution in [2.24, 2.45) is 7.05 Å². The number of thiazole rings is 1. The van der Waals surface area contributed by atoms with Gasteiger partial charge in [-0.15, -0.1) is 23.7 Å². The third-order valence-electron chi connectivity index (χ3n) is 4.69. The molecule has 4 heterocycles. The Kier molecular flexibility index (Phi) is 6.29. The molecule has 9 heteroatoms. The zero-order valence-corrected chi connectivity index (χ0v) is 16.1. The summed E-state index contributed by atoms with van der Waals surface area (Å²) in [5.41, 5.74) is 0. The van der Waals surface area contributed by atoms with E-state index >= 15 is 0 Å². The minimum atomic E-state index is 0.